The van der Waals surface area contributed by atoms with Gasteiger partial charge in [-0.15, -0.1) is 0 Å². The van der Waals surface area contributed by atoms with Crippen molar-refractivity contribution in [2.45, 2.75) is 6.92 Å². The quantitative estimate of drug-likeness (QED) is 0.606. The Morgan fingerprint density at radius 1 is 1.43 bits per heavy atom. The molecule has 0 aliphatic heterocycles. The molecule has 0 saturated carbocycles. The minimum absolute atomic E-state index is 0.150. The lowest BCUT2D eigenvalue weighted by molar-refractivity contribution is -0.385. The van der Waals surface area contributed by atoms with E-state index in [1.807, 2.05) is 19.0 Å². The number of nitro groups is 1. The molecule has 0 aliphatic rings. The zero-order valence-electron chi connectivity index (χ0n) is 8.24. The van der Waals surface area contributed by atoms with Crippen LogP contribution in [-0.4, -0.2) is 19.0 Å². The molecule has 1 aromatic carbocycles. The summed E-state index contributed by atoms with van der Waals surface area (Å²) in [6.07, 6.45) is 0. The highest BCUT2D eigenvalue weighted by Crippen LogP contribution is 2.34. The van der Waals surface area contributed by atoms with Crippen LogP contribution in [0.5, 0.6) is 0 Å². The standard InChI is InChI=1S/C9H11BrN2O2/c1-6-8(12(13)14)5-4-7(10)9(6)11(2)3/h4-5H,1-3H3. The summed E-state index contributed by atoms with van der Waals surface area (Å²) in [7, 11) is 3.72. The molecule has 0 aliphatic carbocycles. The Kier molecular flexibility index (Phi) is 3.10. The molecule has 1 aromatic rings. The van der Waals surface area contributed by atoms with Gasteiger partial charge in [-0.2, -0.15) is 0 Å². The van der Waals surface area contributed by atoms with Crippen LogP contribution < -0.4 is 4.90 Å². The second-order valence-corrected chi connectivity index (χ2v) is 4.05. The lowest BCUT2D eigenvalue weighted by Crippen LogP contribution is -2.11. The molecule has 4 nitrogen and oxygen atoms in total. The van der Waals surface area contributed by atoms with Crippen LogP contribution in [0.3, 0.4) is 0 Å². The van der Waals surface area contributed by atoms with E-state index in [2.05, 4.69) is 15.9 Å². The SMILES string of the molecule is Cc1c([N+](=O)[O-])ccc(Br)c1N(C)C. The minimum atomic E-state index is -0.366. The molecule has 0 fully saturated rings. The molecule has 0 heterocycles. The van der Waals surface area contributed by atoms with Gasteiger partial charge in [0, 0.05) is 24.6 Å². The van der Waals surface area contributed by atoms with Crippen LogP contribution in [-0.2, 0) is 0 Å². The van der Waals surface area contributed by atoms with Crippen molar-refractivity contribution in [1.29, 1.82) is 0 Å². The minimum Gasteiger partial charge on any atom is -0.376 e. The second kappa shape index (κ2) is 3.96. The molecule has 0 aromatic heterocycles. The summed E-state index contributed by atoms with van der Waals surface area (Å²) in [4.78, 5) is 12.2. The van der Waals surface area contributed by atoms with E-state index in [0.717, 1.165) is 10.2 Å². The third kappa shape index (κ3) is 1.87. The summed E-state index contributed by atoms with van der Waals surface area (Å²) in [5.41, 5.74) is 1.67. The average Bonchev–Trinajstić information content (AvgIpc) is 2.02. The van der Waals surface area contributed by atoms with Gasteiger partial charge in [0.2, 0.25) is 0 Å². The average molecular weight is 259 g/mol. The molecule has 0 bridgehead atoms. The van der Waals surface area contributed by atoms with Crippen molar-refractivity contribution in [3.8, 4) is 0 Å². The highest BCUT2D eigenvalue weighted by molar-refractivity contribution is 9.10. The number of halogens is 1. The van der Waals surface area contributed by atoms with E-state index in [9.17, 15) is 10.1 Å². The maximum Gasteiger partial charge on any atom is 0.274 e. The Balaban J connectivity index is 3.41. The first-order valence-corrected chi connectivity index (χ1v) is 4.85. The van der Waals surface area contributed by atoms with E-state index in [1.165, 1.54) is 6.07 Å². The van der Waals surface area contributed by atoms with E-state index < -0.39 is 0 Å². The van der Waals surface area contributed by atoms with E-state index >= 15 is 0 Å². The third-order valence-electron chi connectivity index (χ3n) is 2.00. The molecule has 5 heteroatoms. The lowest BCUT2D eigenvalue weighted by atomic mass is 10.1. The maximum atomic E-state index is 10.7. The lowest BCUT2D eigenvalue weighted by Gasteiger charge is -2.17. The monoisotopic (exact) mass is 258 g/mol. The summed E-state index contributed by atoms with van der Waals surface area (Å²) in [6, 6.07) is 3.20. The van der Waals surface area contributed by atoms with Gasteiger partial charge in [-0.25, -0.2) is 0 Å². The molecule has 0 amide bonds. The topological polar surface area (TPSA) is 46.4 Å². The van der Waals surface area contributed by atoms with Crippen LogP contribution in [0.2, 0.25) is 0 Å². The molecule has 1 rings (SSSR count). The van der Waals surface area contributed by atoms with E-state index in [1.54, 1.807) is 13.0 Å². The first-order valence-electron chi connectivity index (χ1n) is 4.06. The highest BCUT2D eigenvalue weighted by Gasteiger charge is 2.17. The molecule has 0 unspecified atom stereocenters. The van der Waals surface area contributed by atoms with Gasteiger partial charge >= 0.3 is 0 Å². The number of hydrogen-bond acceptors (Lipinski definition) is 3. The van der Waals surface area contributed by atoms with Crippen LogP contribution in [0.15, 0.2) is 16.6 Å². The number of nitrogens with zero attached hydrogens (tertiary/aromatic N) is 2. The number of anilines is 1. The largest absolute Gasteiger partial charge is 0.376 e. The predicted octanol–water partition coefficient (Wildman–Crippen LogP) is 2.73. The number of benzene rings is 1. The van der Waals surface area contributed by atoms with Gasteiger partial charge in [-0.1, -0.05) is 0 Å². The Hall–Kier alpha value is -1.10. The number of rotatable bonds is 2. The molecule has 14 heavy (non-hydrogen) atoms. The summed E-state index contributed by atoms with van der Waals surface area (Å²) < 4.78 is 0.866. The van der Waals surface area contributed by atoms with Crippen molar-refractivity contribution in [3.05, 3.63) is 32.3 Å². The molecule has 76 valence electrons. The van der Waals surface area contributed by atoms with Crippen LogP contribution in [0.25, 0.3) is 0 Å². The van der Waals surface area contributed by atoms with Gasteiger partial charge in [0.05, 0.1) is 16.2 Å². The van der Waals surface area contributed by atoms with Crippen molar-refractivity contribution < 1.29 is 4.92 Å². The Bertz CT molecular complexity index is 377. The smallest absolute Gasteiger partial charge is 0.274 e. The predicted molar refractivity (Wildman–Crippen MR) is 59.9 cm³/mol. The van der Waals surface area contributed by atoms with Crippen LogP contribution in [0, 0.1) is 17.0 Å². The van der Waals surface area contributed by atoms with Gasteiger partial charge in [0.25, 0.3) is 5.69 Å². The molecule has 0 N–H and O–H groups in total. The molecule has 0 spiro atoms. The van der Waals surface area contributed by atoms with E-state index in [0.29, 0.717) is 5.56 Å². The van der Waals surface area contributed by atoms with Crippen molar-refractivity contribution in [3.63, 3.8) is 0 Å². The van der Waals surface area contributed by atoms with Crippen LogP contribution in [0.1, 0.15) is 5.56 Å². The van der Waals surface area contributed by atoms with Crippen molar-refractivity contribution in [2.75, 3.05) is 19.0 Å². The van der Waals surface area contributed by atoms with Crippen LogP contribution in [0.4, 0.5) is 11.4 Å². The molecule has 0 atom stereocenters. The zero-order valence-corrected chi connectivity index (χ0v) is 9.83. The second-order valence-electron chi connectivity index (χ2n) is 3.19. The van der Waals surface area contributed by atoms with Gasteiger partial charge < -0.3 is 4.90 Å². The Morgan fingerprint density at radius 2 is 2.00 bits per heavy atom. The molecular weight excluding hydrogens is 248 g/mol. The summed E-state index contributed by atoms with van der Waals surface area (Å²) in [5.74, 6) is 0. The van der Waals surface area contributed by atoms with Gasteiger partial charge in [0.1, 0.15) is 0 Å². The summed E-state index contributed by atoms with van der Waals surface area (Å²) >= 11 is 3.37. The third-order valence-corrected chi connectivity index (χ3v) is 2.64. The van der Waals surface area contributed by atoms with E-state index in [-0.39, 0.29) is 10.6 Å². The number of hydrogen-bond donors (Lipinski definition) is 0. The van der Waals surface area contributed by atoms with Gasteiger partial charge in [0.15, 0.2) is 0 Å². The first kappa shape index (κ1) is 11.0. The Morgan fingerprint density at radius 3 is 2.43 bits per heavy atom. The summed E-state index contributed by atoms with van der Waals surface area (Å²) in [5, 5.41) is 10.7. The number of nitro benzene ring substituents is 1. The first-order chi connectivity index (χ1) is 6.45. The molecule has 0 radical (unpaired) electrons. The van der Waals surface area contributed by atoms with Crippen molar-refractivity contribution in [1.82, 2.24) is 0 Å². The van der Waals surface area contributed by atoms with Crippen LogP contribution >= 0.6 is 15.9 Å². The summed E-state index contributed by atoms with van der Waals surface area (Å²) in [6.45, 7) is 1.75. The maximum absolute atomic E-state index is 10.7. The fourth-order valence-corrected chi connectivity index (χ4v) is 2.19. The fourth-order valence-electron chi connectivity index (χ4n) is 1.40. The van der Waals surface area contributed by atoms with Gasteiger partial charge in [-0.05, 0) is 28.9 Å². The fraction of sp³-hybridized carbons (Fsp3) is 0.333. The van der Waals surface area contributed by atoms with E-state index in [4.69, 9.17) is 0 Å². The zero-order chi connectivity index (χ0) is 10.9. The Labute approximate surface area is 90.8 Å². The normalized spacial score (nSPS) is 10.0. The van der Waals surface area contributed by atoms with Gasteiger partial charge in [-0.3, -0.25) is 10.1 Å². The highest BCUT2D eigenvalue weighted by atomic mass is 79.9. The van der Waals surface area contributed by atoms with Crippen molar-refractivity contribution in [2.24, 2.45) is 0 Å². The molecular formula is C9H11BrN2O2. The van der Waals surface area contributed by atoms with Crippen molar-refractivity contribution >= 4 is 27.3 Å². The molecule has 0 saturated heterocycles.